The van der Waals surface area contributed by atoms with E-state index in [4.69, 9.17) is 0 Å². The molecule has 0 spiro atoms. The number of ketones is 1. The van der Waals surface area contributed by atoms with Gasteiger partial charge < -0.3 is 0 Å². The molecular weight excluding hydrogens is 261 g/mol. The van der Waals surface area contributed by atoms with Gasteiger partial charge in [0.15, 0.2) is 0 Å². The fraction of sp³-hybridized carbons (Fsp3) is 0.462. The summed E-state index contributed by atoms with van der Waals surface area (Å²) in [7, 11) is 0. The molecule has 0 heterocycles. The minimum absolute atomic E-state index is 0.0712. The Morgan fingerprint density at radius 1 is 1.17 bits per heavy atom. The topological polar surface area (TPSA) is 17.1 Å². The third-order valence-electron chi connectivity index (χ3n) is 2.73. The molecule has 0 aliphatic carbocycles. The molecule has 0 N–H and O–H groups in total. The molecule has 5 heteroatoms. The van der Waals surface area contributed by atoms with E-state index in [0.29, 0.717) is 5.75 Å². The molecule has 0 aliphatic heterocycles. The molecule has 0 unspecified atom stereocenters. The zero-order chi connectivity index (χ0) is 14.0. The Morgan fingerprint density at radius 2 is 1.67 bits per heavy atom. The van der Waals surface area contributed by atoms with Crippen LogP contribution in [0.5, 0.6) is 0 Å². The molecular formula is C13H15F3OS. The largest absolute Gasteiger partial charge is 0.416 e. The molecule has 1 nitrogen and oxygen atoms in total. The number of carbonyl (C=O) groups is 1. The minimum atomic E-state index is -4.30. The molecule has 1 rings (SSSR count). The van der Waals surface area contributed by atoms with Crippen molar-refractivity contribution in [1.82, 2.24) is 0 Å². The van der Waals surface area contributed by atoms with Crippen molar-refractivity contribution < 1.29 is 18.0 Å². The number of rotatable bonds is 4. The maximum Gasteiger partial charge on any atom is 0.416 e. The molecule has 0 radical (unpaired) electrons. The first-order valence-corrected chi connectivity index (χ1v) is 6.42. The number of thioether (sulfide) groups is 1. The highest BCUT2D eigenvalue weighted by Gasteiger charge is 2.30. The van der Waals surface area contributed by atoms with Crippen LogP contribution in [0.3, 0.4) is 0 Å². The monoisotopic (exact) mass is 276 g/mol. The van der Waals surface area contributed by atoms with E-state index in [1.165, 1.54) is 30.8 Å². The average molecular weight is 276 g/mol. The Hall–Kier alpha value is -0.970. The summed E-state index contributed by atoms with van der Waals surface area (Å²) >= 11 is 1.39. The second-order valence-electron chi connectivity index (χ2n) is 4.75. The molecule has 0 aliphatic rings. The highest BCUT2D eigenvalue weighted by molar-refractivity contribution is 7.99. The van der Waals surface area contributed by atoms with Crippen LogP contribution in [0.2, 0.25) is 0 Å². The van der Waals surface area contributed by atoms with E-state index in [9.17, 15) is 18.0 Å². The Labute approximate surface area is 109 Å². The molecule has 0 aromatic heterocycles. The lowest BCUT2D eigenvalue weighted by Crippen LogP contribution is -2.23. The second kappa shape index (κ2) is 5.34. The molecule has 18 heavy (non-hydrogen) atoms. The van der Waals surface area contributed by atoms with Crippen molar-refractivity contribution in [3.05, 3.63) is 29.8 Å². The van der Waals surface area contributed by atoms with Gasteiger partial charge >= 0.3 is 6.18 Å². The quantitative estimate of drug-likeness (QED) is 0.758. The lowest BCUT2D eigenvalue weighted by molar-refractivity contribution is -0.137. The van der Waals surface area contributed by atoms with Gasteiger partial charge in [-0.3, -0.25) is 4.79 Å². The van der Waals surface area contributed by atoms with Crippen molar-refractivity contribution in [3.8, 4) is 0 Å². The first-order valence-electron chi connectivity index (χ1n) is 5.44. The summed E-state index contributed by atoms with van der Waals surface area (Å²) in [5, 5.41) is 0. The fourth-order valence-electron chi connectivity index (χ4n) is 1.11. The van der Waals surface area contributed by atoms with Crippen LogP contribution in [0, 0.1) is 5.41 Å². The van der Waals surface area contributed by atoms with Crippen LogP contribution < -0.4 is 0 Å². The van der Waals surface area contributed by atoms with E-state index in [-0.39, 0.29) is 5.78 Å². The highest BCUT2D eigenvalue weighted by Crippen LogP contribution is 2.32. The Bertz CT molecular complexity index is 421. The number of Topliss-reactive ketones (excluding diaryl/α,β-unsaturated/α-hetero) is 1. The van der Waals surface area contributed by atoms with Crippen molar-refractivity contribution in [1.29, 1.82) is 0 Å². The number of hydrogen-bond acceptors (Lipinski definition) is 2. The van der Waals surface area contributed by atoms with Crippen molar-refractivity contribution in [2.75, 3.05) is 5.75 Å². The summed E-state index contributed by atoms with van der Waals surface area (Å²) in [5.41, 5.74) is -1.12. The van der Waals surface area contributed by atoms with Gasteiger partial charge in [-0.15, -0.1) is 11.8 Å². The molecule has 1 aromatic carbocycles. The zero-order valence-electron chi connectivity index (χ0n) is 10.5. The standard InChI is InChI=1S/C13H15F3OS/c1-9(17)12(2,3)8-18-11-6-4-10(5-7-11)13(14,15)16/h4-7H,8H2,1-3H3. The summed E-state index contributed by atoms with van der Waals surface area (Å²) in [5.74, 6) is 0.621. The maximum atomic E-state index is 12.3. The highest BCUT2D eigenvalue weighted by atomic mass is 32.2. The Morgan fingerprint density at radius 3 is 2.06 bits per heavy atom. The van der Waals surface area contributed by atoms with Crippen molar-refractivity contribution >= 4 is 17.5 Å². The predicted octanol–water partition coefficient (Wildman–Crippen LogP) is 4.41. The molecule has 0 bridgehead atoms. The number of halogens is 3. The summed E-state index contributed by atoms with van der Waals surface area (Å²) in [6, 6.07) is 4.99. The first kappa shape index (κ1) is 15.1. The average Bonchev–Trinajstić information content (AvgIpc) is 2.25. The van der Waals surface area contributed by atoms with Crippen LogP contribution in [0.15, 0.2) is 29.2 Å². The summed E-state index contributed by atoms with van der Waals surface area (Å²) in [6.45, 7) is 5.17. The van der Waals surface area contributed by atoms with Gasteiger partial charge in [0, 0.05) is 16.1 Å². The van der Waals surface area contributed by atoms with Crippen molar-refractivity contribution in [3.63, 3.8) is 0 Å². The maximum absolute atomic E-state index is 12.3. The molecule has 0 atom stereocenters. The zero-order valence-corrected chi connectivity index (χ0v) is 11.3. The lowest BCUT2D eigenvalue weighted by atomic mass is 9.92. The fourth-order valence-corrected chi connectivity index (χ4v) is 2.16. The Balaban J connectivity index is 2.68. The van der Waals surface area contributed by atoms with Gasteiger partial charge in [0.1, 0.15) is 5.78 Å². The number of hydrogen-bond donors (Lipinski definition) is 0. The van der Waals surface area contributed by atoms with Gasteiger partial charge in [0.05, 0.1) is 5.56 Å². The van der Waals surface area contributed by atoms with Crippen LogP contribution in [0.25, 0.3) is 0 Å². The van der Waals surface area contributed by atoms with E-state index in [0.717, 1.165) is 17.0 Å². The number of benzene rings is 1. The van der Waals surface area contributed by atoms with Crippen LogP contribution in [0.1, 0.15) is 26.3 Å². The summed E-state index contributed by atoms with van der Waals surface area (Å²) < 4.78 is 37.0. The molecule has 0 saturated heterocycles. The number of carbonyl (C=O) groups excluding carboxylic acids is 1. The van der Waals surface area contributed by atoms with Crippen LogP contribution in [-0.2, 0) is 11.0 Å². The molecule has 0 fully saturated rings. The summed E-state index contributed by atoms with van der Waals surface area (Å²) in [4.78, 5) is 12.0. The van der Waals surface area contributed by atoms with E-state index in [2.05, 4.69) is 0 Å². The third kappa shape index (κ3) is 4.05. The molecule has 1 aromatic rings. The predicted molar refractivity (Wildman–Crippen MR) is 66.6 cm³/mol. The second-order valence-corrected chi connectivity index (χ2v) is 5.80. The van der Waals surface area contributed by atoms with Gasteiger partial charge in [0.25, 0.3) is 0 Å². The molecule has 0 amide bonds. The van der Waals surface area contributed by atoms with Gasteiger partial charge in [0.2, 0.25) is 0 Å². The minimum Gasteiger partial charge on any atom is -0.299 e. The third-order valence-corrected chi connectivity index (χ3v) is 4.21. The van der Waals surface area contributed by atoms with Gasteiger partial charge in [-0.2, -0.15) is 13.2 Å². The number of alkyl halides is 3. The SMILES string of the molecule is CC(=O)C(C)(C)CSc1ccc(C(F)(F)F)cc1. The van der Waals surface area contributed by atoms with Crippen LogP contribution >= 0.6 is 11.8 Å². The van der Waals surface area contributed by atoms with Crippen molar-refractivity contribution in [2.45, 2.75) is 31.8 Å². The van der Waals surface area contributed by atoms with Crippen molar-refractivity contribution in [2.24, 2.45) is 5.41 Å². The molecule has 100 valence electrons. The van der Waals surface area contributed by atoms with E-state index >= 15 is 0 Å². The smallest absolute Gasteiger partial charge is 0.299 e. The van der Waals surface area contributed by atoms with E-state index in [1.54, 1.807) is 0 Å². The van der Waals surface area contributed by atoms with Crippen LogP contribution in [0.4, 0.5) is 13.2 Å². The first-order chi connectivity index (χ1) is 8.13. The lowest BCUT2D eigenvalue weighted by Gasteiger charge is -2.20. The normalized spacial score (nSPS) is 12.6. The van der Waals surface area contributed by atoms with Gasteiger partial charge in [-0.1, -0.05) is 13.8 Å². The Kier molecular flexibility index (Phi) is 4.48. The van der Waals surface area contributed by atoms with E-state index in [1.807, 2.05) is 13.8 Å². The molecule has 0 saturated carbocycles. The van der Waals surface area contributed by atoms with Gasteiger partial charge in [-0.25, -0.2) is 0 Å². The van der Waals surface area contributed by atoms with Gasteiger partial charge in [-0.05, 0) is 31.2 Å². The van der Waals surface area contributed by atoms with E-state index < -0.39 is 17.2 Å². The summed E-state index contributed by atoms with van der Waals surface area (Å²) in [6.07, 6.45) is -4.30. The van der Waals surface area contributed by atoms with Crippen LogP contribution in [-0.4, -0.2) is 11.5 Å².